The quantitative estimate of drug-likeness (QED) is 0.766. The Bertz CT molecular complexity index is 927. The van der Waals surface area contributed by atoms with E-state index >= 15 is 0 Å². The molecule has 0 unspecified atom stereocenters. The largest absolute Gasteiger partial charge is 0.346 e. The minimum absolute atomic E-state index is 0.408. The van der Waals surface area contributed by atoms with E-state index in [1.165, 1.54) is 19.3 Å². The number of hydrogen-bond acceptors (Lipinski definition) is 2. The number of carbonyl (C=O) groups is 1. The number of nitrogens with one attached hydrogen (secondary N) is 1. The fraction of sp³-hybridized carbons (Fsp3) is 0.263. The number of pyridine rings is 1. The zero-order chi connectivity index (χ0) is 17.4. The number of aromatic nitrogens is 2. The van der Waals surface area contributed by atoms with Gasteiger partial charge in [0, 0.05) is 23.6 Å². The molecule has 1 amide bonds. The number of benzene rings is 1. The van der Waals surface area contributed by atoms with Crippen molar-refractivity contribution in [2.24, 2.45) is 5.92 Å². The summed E-state index contributed by atoms with van der Waals surface area (Å²) < 4.78 is 29.6. The summed E-state index contributed by atoms with van der Waals surface area (Å²) in [6.07, 6.45) is 7.16. The summed E-state index contributed by atoms with van der Waals surface area (Å²) in [5, 5.41) is 3.11. The first kappa shape index (κ1) is 15.7. The van der Waals surface area contributed by atoms with Gasteiger partial charge < -0.3 is 9.88 Å². The molecule has 3 aromatic rings. The summed E-state index contributed by atoms with van der Waals surface area (Å²) >= 11 is 0. The average molecular weight is 341 g/mol. The molecule has 0 radical (unpaired) electrons. The van der Waals surface area contributed by atoms with Crippen molar-refractivity contribution in [1.82, 2.24) is 9.55 Å². The molecule has 128 valence electrons. The summed E-state index contributed by atoms with van der Waals surface area (Å²) in [4.78, 5) is 16.1. The van der Waals surface area contributed by atoms with Gasteiger partial charge in [-0.25, -0.2) is 8.78 Å². The van der Waals surface area contributed by atoms with Crippen LogP contribution in [0.25, 0.3) is 10.9 Å². The molecule has 0 atom stereocenters. The Hall–Kier alpha value is -2.76. The molecule has 0 bridgehead atoms. The molecule has 6 heteroatoms. The Morgan fingerprint density at radius 2 is 1.92 bits per heavy atom. The van der Waals surface area contributed by atoms with E-state index in [0.29, 0.717) is 11.5 Å². The lowest BCUT2D eigenvalue weighted by molar-refractivity contribution is 0.102. The Balaban J connectivity index is 1.69. The molecule has 0 aliphatic heterocycles. The summed E-state index contributed by atoms with van der Waals surface area (Å²) in [7, 11) is 0. The highest BCUT2D eigenvalue weighted by atomic mass is 19.1. The van der Waals surface area contributed by atoms with Crippen LogP contribution in [0.15, 0.2) is 42.9 Å². The topological polar surface area (TPSA) is 46.9 Å². The van der Waals surface area contributed by atoms with Crippen molar-refractivity contribution in [3.05, 3.63) is 60.1 Å². The number of fused-ring (bicyclic) bond motifs is 1. The molecule has 1 saturated carbocycles. The van der Waals surface area contributed by atoms with E-state index in [-0.39, 0.29) is 0 Å². The lowest BCUT2D eigenvalue weighted by Crippen LogP contribution is -2.18. The number of halogens is 2. The Morgan fingerprint density at radius 3 is 2.60 bits per heavy atom. The van der Waals surface area contributed by atoms with Gasteiger partial charge >= 0.3 is 0 Å². The zero-order valence-electron chi connectivity index (χ0n) is 13.5. The molecule has 1 aliphatic rings. The van der Waals surface area contributed by atoms with Gasteiger partial charge in [0.05, 0.1) is 18.0 Å². The number of carbonyl (C=O) groups excluding carboxylic acids is 1. The first-order valence-electron chi connectivity index (χ1n) is 8.31. The molecule has 4 nitrogen and oxygen atoms in total. The van der Waals surface area contributed by atoms with Crippen LogP contribution in [0.5, 0.6) is 0 Å². The Kier molecular flexibility index (Phi) is 3.95. The number of amides is 1. The fourth-order valence-corrected chi connectivity index (χ4v) is 3.24. The smallest absolute Gasteiger partial charge is 0.257 e. The van der Waals surface area contributed by atoms with Gasteiger partial charge in [0.2, 0.25) is 0 Å². The third-order valence-corrected chi connectivity index (χ3v) is 4.80. The highest BCUT2D eigenvalue weighted by Crippen LogP contribution is 2.31. The number of para-hydroxylation sites is 1. The fourth-order valence-electron chi connectivity index (χ4n) is 3.24. The molecule has 1 fully saturated rings. The van der Waals surface area contributed by atoms with Crippen LogP contribution in [0.3, 0.4) is 0 Å². The molecule has 1 aliphatic carbocycles. The average Bonchev–Trinajstić information content (AvgIpc) is 2.93. The van der Waals surface area contributed by atoms with Gasteiger partial charge in [-0.3, -0.25) is 9.78 Å². The van der Waals surface area contributed by atoms with Crippen LogP contribution in [-0.2, 0) is 6.54 Å². The van der Waals surface area contributed by atoms with Gasteiger partial charge in [-0.05, 0) is 24.8 Å². The van der Waals surface area contributed by atoms with Crippen LogP contribution >= 0.6 is 0 Å². The first-order chi connectivity index (χ1) is 12.1. The second kappa shape index (κ2) is 6.27. The van der Waals surface area contributed by atoms with E-state index in [2.05, 4.69) is 14.9 Å². The Labute approximate surface area is 143 Å². The van der Waals surface area contributed by atoms with E-state index in [1.54, 1.807) is 6.20 Å². The standard InChI is InChI=1S/C19H17F2N3O/c20-15-8-22-9-16(21)18(15)23-19(25)14-11-24(10-12-4-3-5-12)17-7-2-1-6-13(14)17/h1-2,6-9,11-12H,3-5,10H2,(H,22,23,25). The van der Waals surface area contributed by atoms with Crippen LogP contribution in [0.1, 0.15) is 29.6 Å². The molecular weight excluding hydrogens is 324 g/mol. The molecule has 0 spiro atoms. The van der Waals surface area contributed by atoms with Crippen molar-refractivity contribution < 1.29 is 13.6 Å². The number of anilines is 1. The lowest BCUT2D eigenvalue weighted by atomic mass is 9.85. The van der Waals surface area contributed by atoms with Crippen molar-refractivity contribution in [3.63, 3.8) is 0 Å². The van der Waals surface area contributed by atoms with Crippen molar-refractivity contribution in [3.8, 4) is 0 Å². The molecule has 0 saturated heterocycles. The van der Waals surface area contributed by atoms with E-state index in [9.17, 15) is 13.6 Å². The third-order valence-electron chi connectivity index (χ3n) is 4.80. The second-order valence-electron chi connectivity index (χ2n) is 6.44. The maximum Gasteiger partial charge on any atom is 0.257 e. The van der Waals surface area contributed by atoms with Gasteiger partial charge in [-0.15, -0.1) is 0 Å². The zero-order valence-corrected chi connectivity index (χ0v) is 13.5. The van der Waals surface area contributed by atoms with E-state index in [0.717, 1.165) is 29.8 Å². The van der Waals surface area contributed by atoms with Crippen molar-refractivity contribution >= 4 is 22.5 Å². The maximum absolute atomic E-state index is 13.7. The second-order valence-corrected chi connectivity index (χ2v) is 6.44. The molecular formula is C19H17F2N3O. The molecule has 1 aromatic carbocycles. The van der Waals surface area contributed by atoms with Crippen LogP contribution < -0.4 is 5.32 Å². The highest BCUT2D eigenvalue weighted by Gasteiger charge is 2.22. The van der Waals surface area contributed by atoms with Gasteiger partial charge in [-0.2, -0.15) is 0 Å². The number of rotatable bonds is 4. The normalized spacial score (nSPS) is 14.5. The van der Waals surface area contributed by atoms with Gasteiger partial charge in [0.25, 0.3) is 5.91 Å². The number of hydrogen-bond donors (Lipinski definition) is 1. The van der Waals surface area contributed by atoms with Crippen LogP contribution in [0.2, 0.25) is 0 Å². The van der Waals surface area contributed by atoms with Gasteiger partial charge in [-0.1, -0.05) is 24.6 Å². The van der Waals surface area contributed by atoms with Crippen molar-refractivity contribution in [2.75, 3.05) is 5.32 Å². The number of nitrogens with zero attached hydrogens (tertiary/aromatic N) is 2. The van der Waals surface area contributed by atoms with Crippen molar-refractivity contribution in [1.29, 1.82) is 0 Å². The van der Waals surface area contributed by atoms with E-state index < -0.39 is 23.2 Å². The summed E-state index contributed by atoms with van der Waals surface area (Å²) in [6, 6.07) is 7.57. The Morgan fingerprint density at radius 1 is 1.20 bits per heavy atom. The minimum atomic E-state index is -0.897. The van der Waals surface area contributed by atoms with E-state index in [1.807, 2.05) is 24.3 Å². The predicted molar refractivity (Wildman–Crippen MR) is 91.4 cm³/mol. The third kappa shape index (κ3) is 2.88. The first-order valence-corrected chi connectivity index (χ1v) is 8.31. The summed E-state index contributed by atoms with van der Waals surface area (Å²) in [5.74, 6) is -1.70. The molecule has 2 heterocycles. The van der Waals surface area contributed by atoms with Crippen molar-refractivity contribution in [2.45, 2.75) is 25.8 Å². The molecule has 4 rings (SSSR count). The van der Waals surface area contributed by atoms with Crippen LogP contribution in [-0.4, -0.2) is 15.5 Å². The predicted octanol–water partition coefficient (Wildman–Crippen LogP) is 4.37. The summed E-state index contributed by atoms with van der Waals surface area (Å²) in [5.41, 5.74) is 0.886. The highest BCUT2D eigenvalue weighted by molar-refractivity contribution is 6.13. The summed E-state index contributed by atoms with van der Waals surface area (Å²) in [6.45, 7) is 0.853. The lowest BCUT2D eigenvalue weighted by Gasteiger charge is -2.26. The van der Waals surface area contributed by atoms with E-state index in [4.69, 9.17) is 0 Å². The SMILES string of the molecule is O=C(Nc1c(F)cncc1F)c1cn(CC2CCC2)c2ccccc12. The minimum Gasteiger partial charge on any atom is -0.346 e. The monoisotopic (exact) mass is 341 g/mol. The molecule has 1 N–H and O–H groups in total. The molecule has 25 heavy (non-hydrogen) atoms. The van der Waals surface area contributed by atoms with Gasteiger partial charge in [0.15, 0.2) is 11.6 Å². The molecule has 2 aromatic heterocycles. The van der Waals surface area contributed by atoms with Gasteiger partial charge in [0.1, 0.15) is 5.69 Å². The van der Waals surface area contributed by atoms with Crippen LogP contribution in [0, 0.1) is 17.6 Å². The van der Waals surface area contributed by atoms with Crippen LogP contribution in [0.4, 0.5) is 14.5 Å². The maximum atomic E-state index is 13.7.